The lowest BCUT2D eigenvalue weighted by Crippen LogP contribution is -2.38. The van der Waals surface area contributed by atoms with E-state index in [0.29, 0.717) is 13.1 Å². The van der Waals surface area contributed by atoms with Gasteiger partial charge in [0.2, 0.25) is 0 Å². The van der Waals surface area contributed by atoms with Crippen LogP contribution in [0.5, 0.6) is 0 Å². The lowest BCUT2D eigenvalue weighted by molar-refractivity contribution is -0.384. The van der Waals surface area contributed by atoms with Crippen LogP contribution in [0.4, 0.5) is 5.69 Å². The Bertz CT molecular complexity index is 1190. The summed E-state index contributed by atoms with van der Waals surface area (Å²) < 4.78 is 48.2. The third-order valence-electron chi connectivity index (χ3n) is 6.28. The molecule has 1 amide bonds. The Labute approximate surface area is 199 Å². The van der Waals surface area contributed by atoms with Crippen LogP contribution in [0.2, 0.25) is 0 Å². The van der Waals surface area contributed by atoms with Gasteiger partial charge in [-0.1, -0.05) is 12.5 Å². The quantitative estimate of drug-likeness (QED) is 0.379. The van der Waals surface area contributed by atoms with Crippen molar-refractivity contribution < 1.29 is 27.2 Å². The number of carbonyl (C=O) groups is 1. The van der Waals surface area contributed by atoms with Gasteiger partial charge in [0.15, 0.2) is 9.84 Å². The summed E-state index contributed by atoms with van der Waals surface area (Å²) in [4.78, 5) is 25.4. The van der Waals surface area contributed by atoms with Gasteiger partial charge in [0, 0.05) is 36.3 Å². The molecule has 184 valence electrons. The van der Waals surface area contributed by atoms with Crippen LogP contribution < -0.4 is 5.32 Å². The maximum atomic E-state index is 13.4. The van der Waals surface area contributed by atoms with E-state index in [1.54, 1.807) is 0 Å². The van der Waals surface area contributed by atoms with Gasteiger partial charge in [0.25, 0.3) is 11.6 Å². The zero-order valence-electron chi connectivity index (χ0n) is 18.4. The number of nitro benzene ring substituents is 1. The number of nitrogens with one attached hydrogen (secondary N) is 1. The Morgan fingerprint density at radius 1 is 1.12 bits per heavy atom. The highest BCUT2D eigenvalue weighted by molar-refractivity contribution is 8.25. The number of hydrogen-bond acceptors (Lipinski definition) is 8. The minimum atomic E-state index is -4.17. The topological polar surface area (TPSA) is 150 Å². The van der Waals surface area contributed by atoms with Gasteiger partial charge in [-0.15, -0.1) is 0 Å². The Balaban J connectivity index is 1.62. The molecule has 0 bridgehead atoms. The molecule has 3 N–H and O–H groups in total. The summed E-state index contributed by atoms with van der Waals surface area (Å²) in [6, 6.07) is 8.83. The van der Waals surface area contributed by atoms with Crippen LogP contribution in [0.15, 0.2) is 52.3 Å². The zero-order valence-corrected chi connectivity index (χ0v) is 20.1. The van der Waals surface area contributed by atoms with Crippen molar-refractivity contribution in [2.45, 2.75) is 34.3 Å². The Hall–Kier alpha value is -2.51. The van der Waals surface area contributed by atoms with E-state index in [-0.39, 0.29) is 26.6 Å². The molecule has 34 heavy (non-hydrogen) atoms. The molecule has 2 aliphatic rings. The van der Waals surface area contributed by atoms with Gasteiger partial charge in [-0.25, -0.2) is 8.42 Å². The lowest BCUT2D eigenvalue weighted by atomic mass is 10.0. The van der Waals surface area contributed by atoms with Crippen LogP contribution in [-0.4, -0.2) is 65.2 Å². The number of benzene rings is 2. The van der Waals surface area contributed by atoms with Crippen molar-refractivity contribution >= 4 is 32.0 Å². The molecule has 12 heteroatoms. The van der Waals surface area contributed by atoms with Gasteiger partial charge < -0.3 is 10.2 Å². The van der Waals surface area contributed by atoms with Crippen LogP contribution in [0.3, 0.4) is 0 Å². The standard InChI is InChI=1S/C22H27N3O7S2/c26-22(23-11-14-24-12-2-1-3-13-24)18-5-4-6-19-21(18)20(15-33(19,29)30)34(31,32)17-9-7-16(8-10-17)25(27)28/h4-10,20,29-30H,1-3,11-15H2,(H,23,26). The monoisotopic (exact) mass is 509 g/mol. The highest BCUT2D eigenvalue weighted by atomic mass is 32.3. The highest BCUT2D eigenvalue weighted by Gasteiger charge is 2.45. The van der Waals surface area contributed by atoms with E-state index in [1.807, 2.05) is 0 Å². The summed E-state index contributed by atoms with van der Waals surface area (Å²) in [7, 11) is -7.61. The molecule has 2 heterocycles. The van der Waals surface area contributed by atoms with E-state index in [0.717, 1.165) is 50.2 Å². The molecule has 0 aromatic heterocycles. The first kappa shape index (κ1) is 24.6. The van der Waals surface area contributed by atoms with Crippen molar-refractivity contribution in [3.05, 3.63) is 63.7 Å². The largest absolute Gasteiger partial charge is 0.351 e. The van der Waals surface area contributed by atoms with Gasteiger partial charge >= 0.3 is 0 Å². The number of rotatable bonds is 7. The fourth-order valence-electron chi connectivity index (χ4n) is 4.52. The number of sulfone groups is 1. The predicted octanol–water partition coefficient (Wildman–Crippen LogP) is 3.45. The average Bonchev–Trinajstić information content (AvgIpc) is 3.11. The summed E-state index contributed by atoms with van der Waals surface area (Å²) in [6.45, 7) is 3.03. The van der Waals surface area contributed by atoms with E-state index in [4.69, 9.17) is 0 Å². The molecule has 1 saturated heterocycles. The number of amides is 1. The number of nitrogens with zero attached hydrogens (tertiary/aromatic N) is 2. The van der Waals surface area contributed by atoms with E-state index in [9.17, 15) is 32.4 Å². The molecule has 0 radical (unpaired) electrons. The first-order valence-corrected chi connectivity index (χ1v) is 14.3. The molecule has 0 spiro atoms. The van der Waals surface area contributed by atoms with Crippen molar-refractivity contribution in [3.8, 4) is 0 Å². The molecular weight excluding hydrogens is 482 g/mol. The van der Waals surface area contributed by atoms with Crippen LogP contribution >= 0.6 is 10.6 Å². The van der Waals surface area contributed by atoms with Gasteiger partial charge in [-0.05, 0) is 50.2 Å². The SMILES string of the molecule is O=C(NCCN1CCCCC1)c1cccc2c1C(S(=O)(=O)c1ccc([N+](=O)[O-])cc1)CS2(O)O. The number of piperidine rings is 1. The molecule has 1 unspecified atom stereocenters. The summed E-state index contributed by atoms with van der Waals surface area (Å²) >= 11 is 0. The number of likely N-dealkylation sites (tertiary alicyclic amines) is 1. The third-order valence-corrected chi connectivity index (χ3v) is 10.4. The van der Waals surface area contributed by atoms with Gasteiger partial charge in [0.1, 0.15) is 5.25 Å². The molecule has 1 atom stereocenters. The Morgan fingerprint density at radius 3 is 2.44 bits per heavy atom. The van der Waals surface area contributed by atoms with Crippen molar-refractivity contribution in [2.24, 2.45) is 0 Å². The van der Waals surface area contributed by atoms with E-state index >= 15 is 0 Å². The lowest BCUT2D eigenvalue weighted by Gasteiger charge is -2.27. The minimum absolute atomic E-state index is 0.0478. The number of carbonyl (C=O) groups excluding carboxylic acids is 1. The zero-order chi connectivity index (χ0) is 24.5. The Morgan fingerprint density at radius 2 is 1.79 bits per heavy atom. The molecule has 0 aliphatic carbocycles. The van der Waals surface area contributed by atoms with Gasteiger partial charge in [-0.2, -0.15) is 10.6 Å². The smallest absolute Gasteiger partial charge is 0.269 e. The van der Waals surface area contributed by atoms with Gasteiger partial charge in [-0.3, -0.25) is 24.0 Å². The Kier molecular flexibility index (Phi) is 6.97. The second-order valence-corrected chi connectivity index (χ2v) is 12.7. The van der Waals surface area contributed by atoms with E-state index in [2.05, 4.69) is 10.2 Å². The molecule has 2 aromatic carbocycles. The van der Waals surface area contributed by atoms with Crippen LogP contribution in [0, 0.1) is 10.1 Å². The van der Waals surface area contributed by atoms with E-state index < -0.39 is 42.3 Å². The maximum absolute atomic E-state index is 13.4. The molecule has 4 rings (SSSR count). The minimum Gasteiger partial charge on any atom is -0.351 e. The van der Waals surface area contributed by atoms with Gasteiger partial charge in [0.05, 0.1) is 20.5 Å². The second kappa shape index (κ2) is 9.62. The predicted molar refractivity (Wildman–Crippen MR) is 128 cm³/mol. The van der Waals surface area contributed by atoms with Crippen LogP contribution in [0.25, 0.3) is 0 Å². The number of nitro groups is 1. The van der Waals surface area contributed by atoms with Crippen molar-refractivity contribution in [2.75, 3.05) is 31.9 Å². The fraction of sp³-hybridized carbons (Fsp3) is 0.409. The second-order valence-electron chi connectivity index (χ2n) is 8.49. The molecule has 0 saturated carbocycles. The molecule has 2 aliphatic heterocycles. The molecule has 1 fully saturated rings. The number of fused-ring (bicyclic) bond motifs is 1. The first-order valence-electron chi connectivity index (χ1n) is 11.0. The van der Waals surface area contributed by atoms with Crippen molar-refractivity contribution in [3.63, 3.8) is 0 Å². The van der Waals surface area contributed by atoms with Crippen LogP contribution in [0.1, 0.15) is 40.4 Å². The molecular formula is C22H27N3O7S2. The summed E-state index contributed by atoms with van der Waals surface area (Å²) in [5.74, 6) is -0.949. The maximum Gasteiger partial charge on any atom is 0.269 e. The molecule has 10 nitrogen and oxygen atoms in total. The highest BCUT2D eigenvalue weighted by Crippen LogP contribution is 2.62. The average molecular weight is 510 g/mol. The first-order chi connectivity index (χ1) is 16.1. The fourth-order valence-corrected chi connectivity index (χ4v) is 8.95. The summed E-state index contributed by atoms with van der Waals surface area (Å²) in [6.07, 6.45) is 3.45. The molecule has 2 aromatic rings. The summed E-state index contributed by atoms with van der Waals surface area (Å²) in [5.41, 5.74) is -0.0933. The van der Waals surface area contributed by atoms with Crippen molar-refractivity contribution in [1.82, 2.24) is 10.2 Å². The third kappa shape index (κ3) is 4.82. The normalized spacial score (nSPS) is 20.9. The van der Waals surface area contributed by atoms with Crippen LogP contribution in [-0.2, 0) is 9.84 Å². The number of hydrogen-bond donors (Lipinski definition) is 3. The van der Waals surface area contributed by atoms with E-state index in [1.165, 1.54) is 24.6 Å². The summed E-state index contributed by atoms with van der Waals surface area (Å²) in [5, 5.41) is 12.4. The number of non-ortho nitro benzene ring substituents is 1. The van der Waals surface area contributed by atoms with Crippen molar-refractivity contribution in [1.29, 1.82) is 0 Å².